The lowest BCUT2D eigenvalue weighted by atomic mass is 10.0. The second-order valence-electron chi connectivity index (χ2n) is 7.34. The molecular formula is C19H28BrF4N5O. The first kappa shape index (κ1) is 24.8. The van der Waals surface area contributed by atoms with Gasteiger partial charge < -0.3 is 21.2 Å². The molecule has 1 heterocycles. The van der Waals surface area contributed by atoms with E-state index in [9.17, 15) is 22.7 Å². The third-order valence-corrected chi connectivity index (χ3v) is 5.93. The molecule has 1 aromatic carbocycles. The number of nitrogens with zero attached hydrogens (tertiary/aromatic N) is 3. The number of benzene rings is 1. The monoisotopic (exact) mass is 497 g/mol. The number of amidine groups is 1. The van der Waals surface area contributed by atoms with Crippen molar-refractivity contribution in [2.45, 2.75) is 50.7 Å². The zero-order valence-electron chi connectivity index (χ0n) is 17.0. The summed E-state index contributed by atoms with van der Waals surface area (Å²) in [6, 6.07) is 4.15. The summed E-state index contributed by atoms with van der Waals surface area (Å²) in [4.78, 5) is 2.91. The summed E-state index contributed by atoms with van der Waals surface area (Å²) in [7, 11) is 1.73. The normalized spacial score (nSPS) is 21.0. The van der Waals surface area contributed by atoms with Crippen molar-refractivity contribution in [3.8, 4) is 0 Å². The first-order valence-electron chi connectivity index (χ1n) is 9.75. The Labute approximate surface area is 182 Å². The molecule has 4 N–H and O–H groups in total. The van der Waals surface area contributed by atoms with Crippen LogP contribution < -0.4 is 11.2 Å². The van der Waals surface area contributed by atoms with E-state index in [-0.39, 0.29) is 31.5 Å². The molecule has 0 spiro atoms. The fourth-order valence-electron chi connectivity index (χ4n) is 3.75. The van der Waals surface area contributed by atoms with E-state index in [1.165, 1.54) is 6.07 Å². The minimum absolute atomic E-state index is 0.0523. The SMILES string of the molecule is CCC1CN(C(O)CC(Cc2ccc(Br)cc2F)NC)CCN1C(=NN)C(F)(F)F. The molecule has 3 unspecified atom stereocenters. The van der Waals surface area contributed by atoms with Gasteiger partial charge in [0.05, 0.1) is 0 Å². The Morgan fingerprint density at radius 3 is 2.63 bits per heavy atom. The summed E-state index contributed by atoms with van der Waals surface area (Å²) in [6.07, 6.45) is -4.38. The smallest absolute Gasteiger partial charge is 0.378 e. The molecule has 170 valence electrons. The minimum Gasteiger partial charge on any atom is -0.378 e. The van der Waals surface area contributed by atoms with E-state index in [2.05, 4.69) is 26.3 Å². The predicted octanol–water partition coefficient (Wildman–Crippen LogP) is 2.66. The molecule has 30 heavy (non-hydrogen) atoms. The fraction of sp³-hybridized carbons (Fsp3) is 0.632. The Hall–Kier alpha value is -1.43. The number of piperazine rings is 1. The van der Waals surface area contributed by atoms with Crippen molar-refractivity contribution in [1.29, 1.82) is 0 Å². The third-order valence-electron chi connectivity index (χ3n) is 5.44. The molecule has 0 amide bonds. The van der Waals surface area contributed by atoms with E-state index in [1.54, 1.807) is 31.0 Å². The second kappa shape index (κ2) is 10.7. The van der Waals surface area contributed by atoms with E-state index < -0.39 is 24.3 Å². The number of hydrogen-bond donors (Lipinski definition) is 3. The van der Waals surface area contributed by atoms with Crippen molar-refractivity contribution < 1.29 is 22.7 Å². The standard InChI is InChI=1S/C19H28BrF4N5O/c1-3-15-11-28(6-7-29(15)18(27-25)19(22,23)24)17(30)10-14(26-2)8-12-4-5-13(20)9-16(12)21/h4-5,9,14-15,17,26,30H,3,6-8,10-11,25H2,1-2H3. The summed E-state index contributed by atoms with van der Waals surface area (Å²) in [5.41, 5.74) is 0.523. The number of aliphatic hydroxyl groups excluding tert-OH is 1. The number of hydrazone groups is 1. The van der Waals surface area contributed by atoms with Gasteiger partial charge in [0.1, 0.15) is 12.0 Å². The first-order chi connectivity index (χ1) is 14.1. The second-order valence-corrected chi connectivity index (χ2v) is 8.26. The number of hydrogen-bond acceptors (Lipinski definition) is 5. The summed E-state index contributed by atoms with van der Waals surface area (Å²) in [6.45, 7) is 2.31. The Morgan fingerprint density at radius 2 is 2.10 bits per heavy atom. The van der Waals surface area contributed by atoms with Crippen LogP contribution in [-0.4, -0.2) is 71.9 Å². The lowest BCUT2D eigenvalue weighted by molar-refractivity contribution is -0.0819. The van der Waals surface area contributed by atoms with Crippen LogP contribution in [0.25, 0.3) is 0 Å². The zero-order chi connectivity index (χ0) is 22.5. The highest BCUT2D eigenvalue weighted by molar-refractivity contribution is 9.10. The van der Waals surface area contributed by atoms with Crippen LogP contribution in [0.4, 0.5) is 17.6 Å². The molecular weight excluding hydrogens is 470 g/mol. The van der Waals surface area contributed by atoms with Gasteiger partial charge in [-0.3, -0.25) is 4.90 Å². The zero-order valence-corrected chi connectivity index (χ0v) is 18.5. The number of nitrogens with two attached hydrogens (primary N) is 1. The van der Waals surface area contributed by atoms with Gasteiger partial charge in [-0.15, -0.1) is 0 Å². The molecule has 2 rings (SSSR count). The molecule has 0 radical (unpaired) electrons. The molecule has 1 saturated heterocycles. The van der Waals surface area contributed by atoms with Gasteiger partial charge in [-0.25, -0.2) is 4.39 Å². The maximum Gasteiger partial charge on any atom is 0.451 e. The van der Waals surface area contributed by atoms with Gasteiger partial charge in [-0.2, -0.15) is 18.3 Å². The Bertz CT molecular complexity index is 733. The summed E-state index contributed by atoms with van der Waals surface area (Å²) >= 11 is 3.22. The van der Waals surface area contributed by atoms with E-state index in [4.69, 9.17) is 5.84 Å². The highest BCUT2D eigenvalue weighted by atomic mass is 79.9. The van der Waals surface area contributed by atoms with Crippen LogP contribution in [0.2, 0.25) is 0 Å². The molecule has 0 aliphatic carbocycles. The lowest BCUT2D eigenvalue weighted by Crippen LogP contribution is -2.60. The number of aliphatic hydroxyl groups is 1. The molecule has 1 aliphatic heterocycles. The van der Waals surface area contributed by atoms with Gasteiger partial charge in [0.25, 0.3) is 0 Å². The fourth-order valence-corrected chi connectivity index (χ4v) is 4.08. The molecule has 1 aromatic rings. The van der Waals surface area contributed by atoms with E-state index in [0.717, 1.165) is 4.90 Å². The maximum atomic E-state index is 14.1. The van der Waals surface area contributed by atoms with Gasteiger partial charge in [0, 0.05) is 42.6 Å². The number of alkyl halides is 3. The average molecular weight is 498 g/mol. The molecule has 6 nitrogen and oxygen atoms in total. The van der Waals surface area contributed by atoms with Crippen LogP contribution in [0.3, 0.4) is 0 Å². The number of halogens is 5. The van der Waals surface area contributed by atoms with Gasteiger partial charge in [-0.1, -0.05) is 28.9 Å². The summed E-state index contributed by atoms with van der Waals surface area (Å²) in [5, 5.41) is 16.8. The van der Waals surface area contributed by atoms with Crippen LogP contribution in [0.15, 0.2) is 27.8 Å². The molecule has 0 aromatic heterocycles. The molecule has 11 heteroatoms. The van der Waals surface area contributed by atoms with Gasteiger partial charge in [0.15, 0.2) is 0 Å². The predicted molar refractivity (Wildman–Crippen MR) is 111 cm³/mol. The number of nitrogens with one attached hydrogen (secondary N) is 1. The molecule has 0 bridgehead atoms. The molecule has 3 atom stereocenters. The lowest BCUT2D eigenvalue weighted by Gasteiger charge is -2.44. The summed E-state index contributed by atoms with van der Waals surface area (Å²) in [5.74, 6) is 3.57. The van der Waals surface area contributed by atoms with Crippen LogP contribution in [0.5, 0.6) is 0 Å². The van der Waals surface area contributed by atoms with Crippen LogP contribution in [-0.2, 0) is 6.42 Å². The van der Waals surface area contributed by atoms with Crippen molar-refractivity contribution in [2.24, 2.45) is 10.9 Å². The van der Waals surface area contributed by atoms with E-state index in [0.29, 0.717) is 29.3 Å². The maximum absolute atomic E-state index is 14.1. The number of rotatable bonds is 7. The average Bonchev–Trinajstić information content (AvgIpc) is 2.68. The van der Waals surface area contributed by atoms with Crippen molar-refractivity contribution in [1.82, 2.24) is 15.1 Å². The van der Waals surface area contributed by atoms with Crippen LogP contribution >= 0.6 is 15.9 Å². The Kier molecular flexibility index (Phi) is 8.89. The molecule has 1 fully saturated rings. The Morgan fingerprint density at radius 1 is 1.40 bits per heavy atom. The van der Waals surface area contributed by atoms with Crippen molar-refractivity contribution in [3.05, 3.63) is 34.1 Å². The third kappa shape index (κ3) is 6.29. The molecule has 1 aliphatic rings. The van der Waals surface area contributed by atoms with E-state index >= 15 is 0 Å². The van der Waals surface area contributed by atoms with Crippen molar-refractivity contribution in [2.75, 3.05) is 26.7 Å². The number of likely N-dealkylation sites (N-methyl/N-ethyl adjacent to an activating group) is 1. The van der Waals surface area contributed by atoms with Crippen molar-refractivity contribution in [3.63, 3.8) is 0 Å². The molecule has 0 saturated carbocycles. The topological polar surface area (TPSA) is 77.1 Å². The van der Waals surface area contributed by atoms with Gasteiger partial charge >= 0.3 is 6.18 Å². The highest BCUT2D eigenvalue weighted by Crippen LogP contribution is 2.25. The largest absolute Gasteiger partial charge is 0.451 e. The van der Waals surface area contributed by atoms with Crippen molar-refractivity contribution >= 4 is 21.8 Å². The van der Waals surface area contributed by atoms with Gasteiger partial charge in [0.2, 0.25) is 5.84 Å². The Balaban J connectivity index is 2.02. The quantitative estimate of drug-likeness (QED) is 0.177. The summed E-state index contributed by atoms with van der Waals surface area (Å²) < 4.78 is 54.4. The van der Waals surface area contributed by atoms with Gasteiger partial charge in [-0.05, 0) is 37.6 Å². The van der Waals surface area contributed by atoms with E-state index in [1.807, 2.05) is 0 Å². The first-order valence-corrected chi connectivity index (χ1v) is 10.5. The van der Waals surface area contributed by atoms with Crippen LogP contribution in [0, 0.1) is 5.82 Å². The van der Waals surface area contributed by atoms with Crippen LogP contribution in [0.1, 0.15) is 25.3 Å². The minimum atomic E-state index is -4.63. The highest BCUT2D eigenvalue weighted by Gasteiger charge is 2.44.